The molecule has 0 saturated heterocycles. The van der Waals surface area contributed by atoms with Gasteiger partial charge in [-0.05, 0) is 31.7 Å². The molecule has 1 atom stereocenters. The van der Waals surface area contributed by atoms with Crippen molar-refractivity contribution in [3.8, 4) is 0 Å². The van der Waals surface area contributed by atoms with E-state index in [0.29, 0.717) is 0 Å². The maximum atomic E-state index is 13.5. The SMILES string of the molecule is NC(=O)C1CCC(NCC(O)c2ccc(F)cc2F)CC1. The van der Waals surface area contributed by atoms with Crippen molar-refractivity contribution in [1.29, 1.82) is 0 Å². The molecule has 6 heteroatoms. The third kappa shape index (κ3) is 4.22. The second-order valence-corrected chi connectivity index (χ2v) is 5.54. The highest BCUT2D eigenvalue weighted by Gasteiger charge is 2.25. The van der Waals surface area contributed by atoms with Gasteiger partial charge in [-0.3, -0.25) is 4.79 Å². The maximum Gasteiger partial charge on any atom is 0.220 e. The molecule has 1 aliphatic carbocycles. The Morgan fingerprint density at radius 2 is 2.00 bits per heavy atom. The Labute approximate surface area is 122 Å². The van der Waals surface area contributed by atoms with E-state index in [4.69, 9.17) is 5.73 Å². The molecule has 21 heavy (non-hydrogen) atoms. The second-order valence-electron chi connectivity index (χ2n) is 5.54. The van der Waals surface area contributed by atoms with Gasteiger partial charge in [0.25, 0.3) is 0 Å². The third-order valence-electron chi connectivity index (χ3n) is 4.05. The Bertz CT molecular complexity index is 502. The normalized spacial score (nSPS) is 23.8. The highest BCUT2D eigenvalue weighted by molar-refractivity contribution is 5.76. The van der Waals surface area contributed by atoms with Crippen LogP contribution in [0.2, 0.25) is 0 Å². The Balaban J connectivity index is 1.82. The lowest BCUT2D eigenvalue weighted by Gasteiger charge is -2.28. The van der Waals surface area contributed by atoms with Gasteiger partial charge in [0.05, 0.1) is 6.10 Å². The summed E-state index contributed by atoms with van der Waals surface area (Å²) in [5.74, 6) is -1.74. The predicted molar refractivity (Wildman–Crippen MR) is 74.3 cm³/mol. The van der Waals surface area contributed by atoms with E-state index in [2.05, 4.69) is 5.32 Å². The highest BCUT2D eigenvalue weighted by Crippen LogP contribution is 2.24. The summed E-state index contributed by atoms with van der Waals surface area (Å²) in [6, 6.07) is 3.32. The third-order valence-corrected chi connectivity index (χ3v) is 4.05. The minimum Gasteiger partial charge on any atom is -0.387 e. The molecule has 1 aromatic carbocycles. The van der Waals surface area contributed by atoms with Crippen molar-refractivity contribution in [2.45, 2.75) is 37.8 Å². The number of halogens is 2. The number of hydrogen-bond donors (Lipinski definition) is 3. The van der Waals surface area contributed by atoms with E-state index in [1.54, 1.807) is 0 Å². The number of aliphatic hydroxyl groups excluding tert-OH is 1. The summed E-state index contributed by atoms with van der Waals surface area (Å²) >= 11 is 0. The van der Waals surface area contributed by atoms with Crippen LogP contribution in [0.4, 0.5) is 8.78 Å². The van der Waals surface area contributed by atoms with E-state index >= 15 is 0 Å². The average Bonchev–Trinajstić information content (AvgIpc) is 2.45. The summed E-state index contributed by atoms with van der Waals surface area (Å²) < 4.78 is 26.3. The minimum absolute atomic E-state index is 0.0671. The number of rotatable bonds is 5. The van der Waals surface area contributed by atoms with Gasteiger partial charge in [-0.1, -0.05) is 6.07 Å². The zero-order valence-electron chi connectivity index (χ0n) is 11.7. The summed E-state index contributed by atoms with van der Waals surface area (Å²) in [4.78, 5) is 11.1. The monoisotopic (exact) mass is 298 g/mol. The fourth-order valence-corrected chi connectivity index (χ4v) is 2.74. The van der Waals surface area contributed by atoms with Crippen molar-refractivity contribution in [1.82, 2.24) is 5.32 Å². The molecule has 4 N–H and O–H groups in total. The molecule has 1 aromatic rings. The number of amides is 1. The van der Waals surface area contributed by atoms with Crippen LogP contribution in [-0.2, 0) is 4.79 Å². The molecule has 1 amide bonds. The second kappa shape index (κ2) is 6.95. The van der Waals surface area contributed by atoms with E-state index < -0.39 is 17.7 Å². The van der Waals surface area contributed by atoms with Gasteiger partial charge in [0.1, 0.15) is 11.6 Å². The van der Waals surface area contributed by atoms with Crippen LogP contribution in [0.1, 0.15) is 37.4 Å². The summed E-state index contributed by atoms with van der Waals surface area (Å²) in [6.07, 6.45) is 2.03. The Morgan fingerprint density at radius 3 is 2.57 bits per heavy atom. The molecule has 0 spiro atoms. The standard InChI is InChI=1S/C15H20F2N2O2/c16-10-3-6-12(13(17)7-10)14(20)8-19-11-4-1-9(2-5-11)15(18)21/h3,6-7,9,11,14,19-20H,1-2,4-5,8H2,(H2,18,21). The summed E-state index contributed by atoms with van der Waals surface area (Å²) in [6.45, 7) is 0.189. The van der Waals surface area contributed by atoms with Crippen molar-refractivity contribution in [2.75, 3.05) is 6.54 Å². The number of primary amides is 1. The zero-order valence-corrected chi connectivity index (χ0v) is 11.7. The lowest BCUT2D eigenvalue weighted by atomic mass is 9.85. The van der Waals surface area contributed by atoms with Crippen molar-refractivity contribution >= 4 is 5.91 Å². The minimum atomic E-state index is -1.03. The van der Waals surface area contributed by atoms with Crippen molar-refractivity contribution < 1.29 is 18.7 Å². The number of nitrogens with two attached hydrogens (primary N) is 1. The summed E-state index contributed by atoms with van der Waals surface area (Å²) in [7, 11) is 0. The molecule has 0 bridgehead atoms. The molecular weight excluding hydrogens is 278 g/mol. The molecule has 0 aromatic heterocycles. The van der Waals surface area contributed by atoms with Gasteiger partial charge in [0, 0.05) is 30.1 Å². The summed E-state index contributed by atoms with van der Waals surface area (Å²) in [5.41, 5.74) is 5.35. The molecule has 1 saturated carbocycles. The highest BCUT2D eigenvalue weighted by atomic mass is 19.1. The molecule has 0 radical (unpaired) electrons. The molecule has 1 unspecified atom stereocenters. The van der Waals surface area contributed by atoms with Gasteiger partial charge in [-0.25, -0.2) is 8.78 Å². The van der Waals surface area contributed by atoms with E-state index in [1.807, 2.05) is 0 Å². The average molecular weight is 298 g/mol. The summed E-state index contributed by atoms with van der Waals surface area (Å²) in [5, 5.41) is 13.1. The van der Waals surface area contributed by atoms with Crippen LogP contribution in [0, 0.1) is 17.6 Å². The number of carbonyl (C=O) groups excluding carboxylic acids is 1. The fraction of sp³-hybridized carbons (Fsp3) is 0.533. The van der Waals surface area contributed by atoms with Crippen LogP contribution in [-0.4, -0.2) is 23.6 Å². The molecule has 1 aliphatic rings. The van der Waals surface area contributed by atoms with Crippen molar-refractivity contribution in [2.24, 2.45) is 11.7 Å². The largest absolute Gasteiger partial charge is 0.387 e. The number of nitrogens with one attached hydrogen (secondary N) is 1. The molecule has 116 valence electrons. The van der Waals surface area contributed by atoms with Crippen LogP contribution in [0.25, 0.3) is 0 Å². The first-order valence-corrected chi connectivity index (χ1v) is 7.13. The van der Waals surface area contributed by atoms with Crippen molar-refractivity contribution in [3.05, 3.63) is 35.4 Å². The van der Waals surface area contributed by atoms with Gasteiger partial charge >= 0.3 is 0 Å². The van der Waals surface area contributed by atoms with Crippen LogP contribution >= 0.6 is 0 Å². The Kier molecular flexibility index (Phi) is 5.25. The predicted octanol–water partition coefficient (Wildman–Crippen LogP) is 1.63. The first-order chi connectivity index (χ1) is 9.97. The van der Waals surface area contributed by atoms with Gasteiger partial charge < -0.3 is 16.2 Å². The molecule has 1 fully saturated rings. The topological polar surface area (TPSA) is 75.4 Å². The van der Waals surface area contributed by atoms with Gasteiger partial charge in [-0.15, -0.1) is 0 Å². The molecule has 2 rings (SSSR count). The van der Waals surface area contributed by atoms with Gasteiger partial charge in [-0.2, -0.15) is 0 Å². The quantitative estimate of drug-likeness (QED) is 0.773. The Hall–Kier alpha value is -1.53. The van der Waals surface area contributed by atoms with Crippen LogP contribution < -0.4 is 11.1 Å². The molecule has 4 nitrogen and oxygen atoms in total. The number of benzene rings is 1. The van der Waals surface area contributed by atoms with Crippen LogP contribution in [0.3, 0.4) is 0 Å². The maximum absolute atomic E-state index is 13.5. The smallest absolute Gasteiger partial charge is 0.220 e. The van der Waals surface area contributed by atoms with Crippen LogP contribution in [0.15, 0.2) is 18.2 Å². The molecular formula is C15H20F2N2O2. The first-order valence-electron chi connectivity index (χ1n) is 7.13. The van der Waals surface area contributed by atoms with Gasteiger partial charge in [0.15, 0.2) is 0 Å². The number of carbonyl (C=O) groups is 1. The fourth-order valence-electron chi connectivity index (χ4n) is 2.74. The van der Waals surface area contributed by atoms with E-state index in [9.17, 15) is 18.7 Å². The molecule has 0 heterocycles. The van der Waals surface area contributed by atoms with Crippen LogP contribution in [0.5, 0.6) is 0 Å². The number of hydrogen-bond acceptors (Lipinski definition) is 3. The lowest BCUT2D eigenvalue weighted by molar-refractivity contribution is -0.122. The van der Waals surface area contributed by atoms with Gasteiger partial charge in [0.2, 0.25) is 5.91 Å². The van der Waals surface area contributed by atoms with E-state index in [1.165, 1.54) is 6.07 Å². The Morgan fingerprint density at radius 1 is 1.33 bits per heavy atom. The van der Waals surface area contributed by atoms with Crippen molar-refractivity contribution in [3.63, 3.8) is 0 Å². The lowest BCUT2D eigenvalue weighted by Crippen LogP contribution is -2.38. The first kappa shape index (κ1) is 15.9. The number of aliphatic hydroxyl groups is 1. The van der Waals surface area contributed by atoms with E-state index in [0.717, 1.165) is 37.8 Å². The zero-order chi connectivity index (χ0) is 15.4. The molecule has 0 aliphatic heterocycles. The van der Waals surface area contributed by atoms with E-state index in [-0.39, 0.29) is 30.0 Å².